The fraction of sp³-hybridized carbons (Fsp3) is 0.357. The summed E-state index contributed by atoms with van der Waals surface area (Å²) < 4.78 is 41.1. The fourth-order valence-corrected chi connectivity index (χ4v) is 4.54. The molecule has 3 aromatic rings. The summed E-state index contributed by atoms with van der Waals surface area (Å²) in [6, 6.07) is 7.09. The molecule has 0 bridgehead atoms. The Labute approximate surface area is 214 Å². The lowest BCUT2D eigenvalue weighted by molar-refractivity contribution is -0.177. The van der Waals surface area contributed by atoms with Gasteiger partial charge in [0, 0.05) is 35.8 Å². The van der Waals surface area contributed by atoms with E-state index in [0.717, 1.165) is 29.9 Å². The van der Waals surface area contributed by atoms with E-state index in [1.165, 1.54) is 6.20 Å². The topological polar surface area (TPSA) is 72.7 Å². The van der Waals surface area contributed by atoms with Crippen LogP contribution >= 0.6 is 0 Å². The van der Waals surface area contributed by atoms with Gasteiger partial charge in [0.25, 0.3) is 5.91 Å². The molecule has 6 nitrogen and oxygen atoms in total. The summed E-state index contributed by atoms with van der Waals surface area (Å²) in [6.07, 6.45) is 5.02. The average molecular weight is 510 g/mol. The molecule has 0 aliphatic heterocycles. The molecule has 1 N–H and O–H groups in total. The molecule has 0 radical (unpaired) electrons. The van der Waals surface area contributed by atoms with E-state index in [-0.39, 0.29) is 25.2 Å². The highest BCUT2D eigenvalue weighted by molar-refractivity contribution is 6.04. The highest BCUT2D eigenvalue weighted by Crippen LogP contribution is 2.36. The average Bonchev–Trinajstić information content (AvgIpc) is 3.24. The van der Waals surface area contributed by atoms with Crippen molar-refractivity contribution in [1.29, 1.82) is 0 Å². The minimum Gasteiger partial charge on any atom is -0.321 e. The zero-order valence-electron chi connectivity index (χ0n) is 21.0. The second-order valence-corrected chi connectivity index (χ2v) is 9.05. The van der Waals surface area contributed by atoms with Crippen LogP contribution in [-0.4, -0.2) is 31.6 Å². The number of nitrogens with one attached hydrogen (secondary N) is 1. The maximum absolute atomic E-state index is 13.3. The Morgan fingerprint density at radius 1 is 1.22 bits per heavy atom. The molecular formula is C28H30F3N5O. The van der Waals surface area contributed by atoms with Gasteiger partial charge in [-0.15, -0.1) is 0 Å². The Morgan fingerprint density at radius 3 is 2.62 bits per heavy atom. The number of rotatable bonds is 8. The summed E-state index contributed by atoms with van der Waals surface area (Å²) >= 11 is 0. The molecule has 37 heavy (non-hydrogen) atoms. The Morgan fingerprint density at radius 2 is 1.97 bits per heavy atom. The van der Waals surface area contributed by atoms with Crippen molar-refractivity contribution in [2.24, 2.45) is 5.92 Å². The SMILES string of the molecule is C=C/C=C\n1c(CCC)nc(CC)c1C(=O)Nc1ccc(-c2ncc3c(n2)CCC(C(F)(F)F)C3)cc1. The first-order chi connectivity index (χ1) is 17.7. The molecule has 4 rings (SSSR count). The number of benzene rings is 1. The number of anilines is 1. The van der Waals surface area contributed by atoms with Crippen LogP contribution in [0.2, 0.25) is 0 Å². The summed E-state index contributed by atoms with van der Waals surface area (Å²) in [5.41, 5.74) is 3.75. The smallest absolute Gasteiger partial charge is 0.321 e. The second-order valence-electron chi connectivity index (χ2n) is 9.05. The first kappa shape index (κ1) is 26.3. The van der Waals surface area contributed by atoms with Crippen LogP contribution in [0.25, 0.3) is 17.6 Å². The quantitative estimate of drug-likeness (QED) is 0.355. The van der Waals surface area contributed by atoms with Crippen LogP contribution in [0.3, 0.4) is 0 Å². The normalized spacial score (nSPS) is 15.5. The number of alkyl halides is 3. The van der Waals surface area contributed by atoms with E-state index in [2.05, 4.69) is 33.8 Å². The Bertz CT molecular complexity index is 1310. The number of aryl methyl sites for hydroxylation is 3. The summed E-state index contributed by atoms with van der Waals surface area (Å²) in [7, 11) is 0. The number of carbonyl (C=O) groups is 1. The molecule has 1 aliphatic carbocycles. The molecule has 194 valence electrons. The van der Waals surface area contributed by atoms with Crippen LogP contribution in [0.5, 0.6) is 0 Å². The Balaban J connectivity index is 1.53. The summed E-state index contributed by atoms with van der Waals surface area (Å²) in [5.74, 6) is -0.333. The number of imidazole rings is 1. The number of hydrogen-bond acceptors (Lipinski definition) is 4. The predicted molar refractivity (Wildman–Crippen MR) is 138 cm³/mol. The number of nitrogens with zero attached hydrogens (tertiary/aromatic N) is 4. The Kier molecular flexibility index (Phi) is 7.90. The number of fused-ring (bicyclic) bond motifs is 1. The lowest BCUT2D eigenvalue weighted by Crippen LogP contribution is -2.29. The van der Waals surface area contributed by atoms with Crippen LogP contribution < -0.4 is 5.32 Å². The third kappa shape index (κ3) is 5.81. The number of carbonyl (C=O) groups excluding carboxylic acids is 1. The molecule has 1 amide bonds. The highest BCUT2D eigenvalue weighted by Gasteiger charge is 2.41. The van der Waals surface area contributed by atoms with E-state index < -0.39 is 12.1 Å². The van der Waals surface area contributed by atoms with Gasteiger partial charge in [-0.3, -0.25) is 9.36 Å². The van der Waals surface area contributed by atoms with Crippen molar-refractivity contribution in [3.8, 4) is 11.4 Å². The molecule has 0 spiro atoms. The molecular weight excluding hydrogens is 479 g/mol. The molecule has 1 aliphatic rings. The van der Waals surface area contributed by atoms with Crippen molar-refractivity contribution in [2.75, 3.05) is 5.32 Å². The highest BCUT2D eigenvalue weighted by atomic mass is 19.4. The van der Waals surface area contributed by atoms with E-state index >= 15 is 0 Å². The van der Waals surface area contributed by atoms with Gasteiger partial charge in [-0.05, 0) is 68.0 Å². The molecule has 0 saturated heterocycles. The number of halogens is 3. The van der Waals surface area contributed by atoms with Crippen LogP contribution in [0, 0.1) is 5.92 Å². The van der Waals surface area contributed by atoms with Crippen LogP contribution in [0.1, 0.15) is 60.0 Å². The second kappa shape index (κ2) is 11.1. The third-order valence-electron chi connectivity index (χ3n) is 6.47. The third-order valence-corrected chi connectivity index (χ3v) is 6.47. The summed E-state index contributed by atoms with van der Waals surface area (Å²) in [6.45, 7) is 7.74. The number of allylic oxidation sites excluding steroid dienone is 2. The van der Waals surface area contributed by atoms with Crippen molar-refractivity contribution >= 4 is 17.8 Å². The van der Waals surface area contributed by atoms with E-state index in [9.17, 15) is 18.0 Å². The summed E-state index contributed by atoms with van der Waals surface area (Å²) in [5, 5.41) is 2.95. The lowest BCUT2D eigenvalue weighted by atomic mass is 9.87. The first-order valence-corrected chi connectivity index (χ1v) is 12.5. The van der Waals surface area contributed by atoms with Gasteiger partial charge in [0.2, 0.25) is 0 Å². The number of aromatic nitrogens is 4. The largest absolute Gasteiger partial charge is 0.392 e. The monoisotopic (exact) mass is 509 g/mol. The van der Waals surface area contributed by atoms with Gasteiger partial charge in [-0.25, -0.2) is 15.0 Å². The van der Waals surface area contributed by atoms with E-state index in [1.807, 2.05) is 11.5 Å². The first-order valence-electron chi connectivity index (χ1n) is 12.5. The lowest BCUT2D eigenvalue weighted by Gasteiger charge is -2.25. The van der Waals surface area contributed by atoms with Crippen LogP contribution in [0.4, 0.5) is 18.9 Å². The van der Waals surface area contributed by atoms with Gasteiger partial charge >= 0.3 is 6.18 Å². The van der Waals surface area contributed by atoms with Crippen molar-refractivity contribution in [3.05, 3.63) is 77.7 Å². The molecule has 9 heteroatoms. The summed E-state index contributed by atoms with van der Waals surface area (Å²) in [4.78, 5) is 26.8. The van der Waals surface area contributed by atoms with E-state index in [0.29, 0.717) is 34.9 Å². The van der Waals surface area contributed by atoms with Gasteiger partial charge < -0.3 is 5.32 Å². The van der Waals surface area contributed by atoms with Gasteiger partial charge in [0.1, 0.15) is 11.5 Å². The molecule has 1 unspecified atom stereocenters. The minimum atomic E-state index is -4.20. The molecule has 2 heterocycles. The maximum atomic E-state index is 13.3. The zero-order chi connectivity index (χ0) is 26.6. The standard InChI is InChI=1S/C28H30F3N5O/c1-4-7-15-36-24(8-5-2)34-22(6-3)25(36)27(37)33-21-12-9-18(10-13-21)26-32-17-19-16-20(28(29,30)31)11-14-23(19)35-26/h4,7,9-10,12-13,15,17,20H,1,5-6,8,11,14,16H2,2-3H3,(H,33,37)/b15-7-. The van der Waals surface area contributed by atoms with Crippen molar-refractivity contribution < 1.29 is 18.0 Å². The van der Waals surface area contributed by atoms with Gasteiger partial charge in [-0.2, -0.15) is 13.2 Å². The van der Waals surface area contributed by atoms with Gasteiger partial charge in [0.05, 0.1) is 11.6 Å². The predicted octanol–water partition coefficient (Wildman–Crippen LogP) is 6.43. The van der Waals surface area contributed by atoms with Crippen LogP contribution in [0.15, 0.2) is 49.2 Å². The molecule has 0 fully saturated rings. The Hall–Kier alpha value is -3.75. The number of hydrogen-bond donors (Lipinski definition) is 1. The molecule has 2 aromatic heterocycles. The van der Waals surface area contributed by atoms with Crippen molar-refractivity contribution in [2.45, 2.75) is 58.5 Å². The van der Waals surface area contributed by atoms with Crippen molar-refractivity contribution in [1.82, 2.24) is 19.5 Å². The molecule has 1 atom stereocenters. The zero-order valence-corrected chi connectivity index (χ0v) is 21.0. The fourth-order valence-electron chi connectivity index (χ4n) is 4.54. The molecule has 0 saturated carbocycles. The van der Waals surface area contributed by atoms with Crippen molar-refractivity contribution in [3.63, 3.8) is 0 Å². The van der Waals surface area contributed by atoms with Crippen LogP contribution in [-0.2, 0) is 25.7 Å². The van der Waals surface area contributed by atoms with Gasteiger partial charge in [0.15, 0.2) is 5.82 Å². The van der Waals surface area contributed by atoms with Gasteiger partial charge in [-0.1, -0.05) is 26.5 Å². The van der Waals surface area contributed by atoms with E-state index in [4.69, 9.17) is 0 Å². The maximum Gasteiger partial charge on any atom is 0.392 e. The molecule has 1 aromatic carbocycles. The number of amides is 1. The minimum absolute atomic E-state index is 0.0379. The van der Waals surface area contributed by atoms with E-state index in [1.54, 1.807) is 42.6 Å².